The number of hydrogen-bond donors (Lipinski definition) is 1. The molecule has 0 fully saturated rings. The van der Waals surface area contributed by atoms with Crippen LogP contribution in [-0.4, -0.2) is 29.6 Å². The first-order chi connectivity index (χ1) is 9.38. The van der Waals surface area contributed by atoms with Gasteiger partial charge in [0.25, 0.3) is 0 Å². The lowest BCUT2D eigenvalue weighted by molar-refractivity contribution is 0.149. The van der Waals surface area contributed by atoms with E-state index >= 15 is 0 Å². The van der Waals surface area contributed by atoms with E-state index in [1.165, 1.54) is 0 Å². The molecule has 0 spiro atoms. The van der Waals surface area contributed by atoms with Crippen molar-refractivity contribution in [3.63, 3.8) is 0 Å². The van der Waals surface area contributed by atoms with Gasteiger partial charge in [-0.2, -0.15) is 0 Å². The Hall–Kier alpha value is -1.71. The van der Waals surface area contributed by atoms with E-state index in [-0.39, 0.29) is 11.6 Å². The molecule has 0 aliphatic heterocycles. The minimum Gasteiger partial charge on any atom is -0.494 e. The largest absolute Gasteiger partial charge is 0.494 e. The van der Waals surface area contributed by atoms with Crippen molar-refractivity contribution in [1.29, 1.82) is 0 Å². The Balaban J connectivity index is 2.56. The molecule has 1 aromatic carbocycles. The summed E-state index contributed by atoms with van der Waals surface area (Å²) in [5, 5.41) is 2.95. The number of hydrogen-bond acceptors (Lipinski definition) is 2. The zero-order valence-corrected chi connectivity index (χ0v) is 13.2. The fraction of sp³-hybridized carbons (Fsp3) is 0.562. The van der Waals surface area contributed by atoms with Crippen molar-refractivity contribution in [1.82, 2.24) is 10.2 Å². The van der Waals surface area contributed by atoms with Gasteiger partial charge in [-0.1, -0.05) is 12.1 Å². The molecule has 4 heteroatoms. The lowest BCUT2D eigenvalue weighted by Gasteiger charge is -2.34. The van der Waals surface area contributed by atoms with Crippen LogP contribution in [0.15, 0.2) is 24.3 Å². The third kappa shape index (κ3) is 4.76. The maximum absolute atomic E-state index is 12.2. The summed E-state index contributed by atoms with van der Waals surface area (Å²) in [5.74, 6) is 0.854. The highest BCUT2D eigenvalue weighted by molar-refractivity contribution is 5.74. The molecule has 0 bridgehead atoms. The number of nitrogens with one attached hydrogen (secondary N) is 1. The lowest BCUT2D eigenvalue weighted by atomic mass is 10.1. The zero-order chi connectivity index (χ0) is 15.2. The maximum Gasteiger partial charge on any atom is 0.318 e. The van der Waals surface area contributed by atoms with E-state index in [1.807, 2.05) is 63.8 Å². The summed E-state index contributed by atoms with van der Waals surface area (Å²) in [6.45, 7) is 11.9. The first kappa shape index (κ1) is 16.3. The quantitative estimate of drug-likeness (QED) is 0.896. The molecule has 0 unspecified atom stereocenters. The highest BCUT2D eigenvalue weighted by Gasteiger charge is 2.24. The SMILES string of the molecule is CCOc1ccc(CNC(=O)N(CC)C(C)(C)C)cc1. The summed E-state index contributed by atoms with van der Waals surface area (Å²) in [7, 11) is 0. The molecule has 0 saturated carbocycles. The number of urea groups is 1. The molecule has 1 aromatic rings. The minimum absolute atomic E-state index is 0.0334. The van der Waals surface area contributed by atoms with E-state index in [4.69, 9.17) is 4.74 Å². The minimum atomic E-state index is -0.169. The van der Waals surface area contributed by atoms with Gasteiger partial charge in [-0.3, -0.25) is 0 Å². The van der Waals surface area contributed by atoms with Crippen LogP contribution in [0.3, 0.4) is 0 Å². The van der Waals surface area contributed by atoms with Crippen molar-refractivity contribution in [2.45, 2.75) is 46.7 Å². The fourth-order valence-electron chi connectivity index (χ4n) is 2.07. The number of amides is 2. The molecule has 0 atom stereocenters. The molecule has 0 aliphatic carbocycles. The Kier molecular flexibility index (Phi) is 5.86. The summed E-state index contributed by atoms with van der Waals surface area (Å²) in [6.07, 6.45) is 0. The molecule has 0 aliphatic rings. The normalized spacial score (nSPS) is 11.1. The number of benzene rings is 1. The van der Waals surface area contributed by atoms with Crippen LogP contribution in [0.5, 0.6) is 5.75 Å². The van der Waals surface area contributed by atoms with Crippen molar-refractivity contribution in [2.24, 2.45) is 0 Å². The second-order valence-corrected chi connectivity index (χ2v) is 5.65. The van der Waals surface area contributed by atoms with E-state index in [0.29, 0.717) is 19.7 Å². The molecule has 0 radical (unpaired) electrons. The zero-order valence-electron chi connectivity index (χ0n) is 13.2. The van der Waals surface area contributed by atoms with Crippen molar-refractivity contribution < 1.29 is 9.53 Å². The molecule has 0 saturated heterocycles. The van der Waals surface area contributed by atoms with E-state index in [9.17, 15) is 4.79 Å². The van der Waals surface area contributed by atoms with Crippen LogP contribution in [0.1, 0.15) is 40.2 Å². The fourth-order valence-corrected chi connectivity index (χ4v) is 2.07. The van der Waals surface area contributed by atoms with Crippen molar-refractivity contribution in [2.75, 3.05) is 13.2 Å². The van der Waals surface area contributed by atoms with Gasteiger partial charge in [0.2, 0.25) is 0 Å². The Labute approximate surface area is 122 Å². The predicted octanol–water partition coefficient (Wildman–Crippen LogP) is 3.42. The number of nitrogens with zero attached hydrogens (tertiary/aromatic N) is 1. The van der Waals surface area contributed by atoms with Crippen molar-refractivity contribution in [3.05, 3.63) is 29.8 Å². The van der Waals surface area contributed by atoms with Gasteiger partial charge in [0, 0.05) is 18.6 Å². The molecule has 20 heavy (non-hydrogen) atoms. The number of rotatable bonds is 5. The van der Waals surface area contributed by atoms with Gasteiger partial charge in [-0.05, 0) is 52.3 Å². The van der Waals surface area contributed by atoms with Crippen molar-refractivity contribution in [3.8, 4) is 5.75 Å². The first-order valence-corrected chi connectivity index (χ1v) is 7.15. The molecule has 0 heterocycles. The van der Waals surface area contributed by atoms with Crippen LogP contribution < -0.4 is 10.1 Å². The standard InChI is InChI=1S/C16H26N2O2/c1-6-18(16(3,4)5)15(19)17-12-13-8-10-14(11-9-13)20-7-2/h8-11H,6-7,12H2,1-5H3,(H,17,19). The summed E-state index contributed by atoms with van der Waals surface area (Å²) in [6, 6.07) is 7.75. The summed E-state index contributed by atoms with van der Waals surface area (Å²) >= 11 is 0. The molecule has 1 N–H and O–H groups in total. The van der Waals surface area contributed by atoms with Crippen LogP contribution >= 0.6 is 0 Å². The molecule has 112 valence electrons. The monoisotopic (exact) mass is 278 g/mol. The van der Waals surface area contributed by atoms with Crippen LogP contribution in [0.2, 0.25) is 0 Å². The van der Waals surface area contributed by atoms with Crippen LogP contribution in [0, 0.1) is 0 Å². The predicted molar refractivity (Wildman–Crippen MR) is 82.0 cm³/mol. The maximum atomic E-state index is 12.2. The lowest BCUT2D eigenvalue weighted by Crippen LogP contribution is -2.49. The Morgan fingerprint density at radius 3 is 2.25 bits per heavy atom. The van der Waals surface area contributed by atoms with Gasteiger partial charge in [-0.25, -0.2) is 4.79 Å². The van der Waals surface area contributed by atoms with Crippen LogP contribution in [0.25, 0.3) is 0 Å². The Morgan fingerprint density at radius 1 is 1.20 bits per heavy atom. The van der Waals surface area contributed by atoms with Gasteiger partial charge < -0.3 is 15.0 Å². The molecule has 4 nitrogen and oxygen atoms in total. The van der Waals surface area contributed by atoms with Gasteiger partial charge in [0.05, 0.1) is 6.61 Å². The number of ether oxygens (including phenoxy) is 1. The number of carbonyl (C=O) groups excluding carboxylic acids is 1. The van der Waals surface area contributed by atoms with Crippen molar-refractivity contribution >= 4 is 6.03 Å². The summed E-state index contributed by atoms with van der Waals surface area (Å²) < 4.78 is 5.39. The second-order valence-electron chi connectivity index (χ2n) is 5.65. The average Bonchev–Trinajstić information content (AvgIpc) is 2.37. The van der Waals surface area contributed by atoms with E-state index in [1.54, 1.807) is 0 Å². The molecular formula is C16H26N2O2. The van der Waals surface area contributed by atoms with E-state index < -0.39 is 0 Å². The topological polar surface area (TPSA) is 41.6 Å². The third-order valence-electron chi connectivity index (χ3n) is 3.05. The highest BCUT2D eigenvalue weighted by Crippen LogP contribution is 2.14. The second kappa shape index (κ2) is 7.17. The summed E-state index contributed by atoms with van der Waals surface area (Å²) in [5.41, 5.74) is 0.893. The Morgan fingerprint density at radius 2 is 1.80 bits per heavy atom. The van der Waals surface area contributed by atoms with Gasteiger partial charge in [0.15, 0.2) is 0 Å². The first-order valence-electron chi connectivity index (χ1n) is 7.15. The third-order valence-corrected chi connectivity index (χ3v) is 3.05. The van der Waals surface area contributed by atoms with Crippen LogP contribution in [0.4, 0.5) is 4.79 Å². The average molecular weight is 278 g/mol. The summed E-state index contributed by atoms with van der Waals surface area (Å²) in [4.78, 5) is 14.0. The highest BCUT2D eigenvalue weighted by atomic mass is 16.5. The Bertz CT molecular complexity index is 421. The van der Waals surface area contributed by atoms with E-state index in [0.717, 1.165) is 11.3 Å². The molecular weight excluding hydrogens is 252 g/mol. The molecule has 1 rings (SSSR count). The smallest absolute Gasteiger partial charge is 0.318 e. The molecule has 0 aromatic heterocycles. The van der Waals surface area contributed by atoms with Gasteiger partial charge in [-0.15, -0.1) is 0 Å². The van der Waals surface area contributed by atoms with Crippen LogP contribution in [-0.2, 0) is 6.54 Å². The van der Waals surface area contributed by atoms with E-state index in [2.05, 4.69) is 5.32 Å². The van der Waals surface area contributed by atoms with Gasteiger partial charge >= 0.3 is 6.03 Å². The number of carbonyl (C=O) groups is 1. The molecule has 2 amide bonds. The van der Waals surface area contributed by atoms with Gasteiger partial charge in [0.1, 0.15) is 5.75 Å².